The molecule has 1 fully saturated rings. The van der Waals surface area contributed by atoms with Gasteiger partial charge in [0.05, 0.1) is 29.9 Å². The maximum atomic E-state index is 16.1. The van der Waals surface area contributed by atoms with E-state index < -0.39 is 40.7 Å². The first kappa shape index (κ1) is 30.3. The quantitative estimate of drug-likeness (QED) is 0.140. The van der Waals surface area contributed by atoms with Gasteiger partial charge in [-0.15, -0.1) is 0 Å². The van der Waals surface area contributed by atoms with Crippen molar-refractivity contribution in [3.63, 3.8) is 0 Å². The van der Waals surface area contributed by atoms with Gasteiger partial charge in [0.1, 0.15) is 24.3 Å². The highest BCUT2D eigenvalue weighted by atomic mass is 19.2. The summed E-state index contributed by atoms with van der Waals surface area (Å²) in [4.78, 5) is 21.0. The number of carbonyl (C=O) groups excluding carboxylic acids is 1. The maximum absolute atomic E-state index is 16.1. The second-order valence-corrected chi connectivity index (χ2v) is 10.5. The second-order valence-electron chi connectivity index (χ2n) is 10.5. The molecular formula is C29H34F4N4O4. The monoisotopic (exact) mass is 578 g/mol. The standard InChI is InChI=1S/C29H34F4N4O4/c1-36(2)24-17-34-23-5-4-19(40-3)16-20(23)26(24)21(31)6-7-29(28(38)35-39)8-10-37(11-9-29)12-13-41-25-15-18(30)14-22(32)27(25)33/h4-5,14-17,21,39H,6-13H2,1-3H3,(H,35,38)/t21-/m1/s1. The number of anilines is 1. The van der Waals surface area contributed by atoms with E-state index in [-0.39, 0.29) is 19.4 Å². The summed E-state index contributed by atoms with van der Waals surface area (Å²) in [5.41, 5.74) is 2.44. The average Bonchev–Trinajstić information content (AvgIpc) is 2.97. The maximum Gasteiger partial charge on any atom is 0.249 e. The van der Waals surface area contributed by atoms with E-state index >= 15 is 4.39 Å². The predicted molar refractivity (Wildman–Crippen MR) is 146 cm³/mol. The SMILES string of the molecule is COc1ccc2ncc(N(C)C)c([C@H](F)CCC3(C(=O)NO)CCN(CCOc4cc(F)cc(F)c4F)CC3)c2c1. The van der Waals surface area contributed by atoms with E-state index in [4.69, 9.17) is 9.47 Å². The molecule has 1 saturated heterocycles. The Bertz CT molecular complexity index is 1380. The van der Waals surface area contributed by atoms with Gasteiger partial charge in [-0.05, 0) is 57.0 Å². The number of rotatable bonds is 11. The first-order valence-electron chi connectivity index (χ1n) is 13.3. The molecule has 3 aromatic rings. The molecule has 2 N–H and O–H groups in total. The minimum Gasteiger partial charge on any atom is -0.497 e. The van der Waals surface area contributed by atoms with Crippen LogP contribution in [0.25, 0.3) is 10.9 Å². The third-order valence-electron chi connectivity index (χ3n) is 7.79. The number of piperidine rings is 1. The van der Waals surface area contributed by atoms with Gasteiger partial charge in [0.25, 0.3) is 0 Å². The number of amides is 1. The summed E-state index contributed by atoms with van der Waals surface area (Å²) < 4.78 is 67.4. The van der Waals surface area contributed by atoms with E-state index in [2.05, 4.69) is 4.98 Å². The van der Waals surface area contributed by atoms with Gasteiger partial charge < -0.3 is 14.4 Å². The van der Waals surface area contributed by atoms with Gasteiger partial charge in [0, 0.05) is 43.7 Å². The highest BCUT2D eigenvalue weighted by Crippen LogP contribution is 2.43. The van der Waals surface area contributed by atoms with Gasteiger partial charge in [-0.25, -0.2) is 18.7 Å². The van der Waals surface area contributed by atoms with Crippen LogP contribution in [0.4, 0.5) is 23.2 Å². The lowest BCUT2D eigenvalue weighted by Gasteiger charge is -2.40. The molecule has 4 rings (SSSR count). The lowest BCUT2D eigenvalue weighted by molar-refractivity contribution is -0.143. The summed E-state index contributed by atoms with van der Waals surface area (Å²) in [5.74, 6) is -4.06. The van der Waals surface area contributed by atoms with E-state index in [9.17, 15) is 23.2 Å². The normalized spacial score (nSPS) is 15.9. The first-order valence-corrected chi connectivity index (χ1v) is 13.3. The van der Waals surface area contributed by atoms with Crippen LogP contribution in [0.3, 0.4) is 0 Å². The molecule has 1 atom stereocenters. The Morgan fingerprint density at radius 2 is 1.93 bits per heavy atom. The summed E-state index contributed by atoms with van der Waals surface area (Å²) in [5, 5.41) is 10.1. The van der Waals surface area contributed by atoms with Crippen LogP contribution in [-0.4, -0.2) is 68.4 Å². The number of aromatic nitrogens is 1. The number of methoxy groups -OCH3 is 1. The van der Waals surface area contributed by atoms with Gasteiger partial charge in [-0.1, -0.05) is 0 Å². The topological polar surface area (TPSA) is 87.2 Å². The number of nitrogens with one attached hydrogen (secondary N) is 1. The van der Waals surface area contributed by atoms with Crippen LogP contribution in [0.1, 0.15) is 37.4 Å². The second kappa shape index (κ2) is 12.9. The Morgan fingerprint density at radius 1 is 1.20 bits per heavy atom. The lowest BCUT2D eigenvalue weighted by Crippen LogP contribution is -2.49. The molecule has 8 nitrogen and oxygen atoms in total. The van der Waals surface area contributed by atoms with Crippen LogP contribution in [0.15, 0.2) is 36.5 Å². The molecule has 1 amide bonds. The Labute approximate surface area is 235 Å². The predicted octanol–water partition coefficient (Wildman–Crippen LogP) is 5.18. The van der Waals surface area contributed by atoms with Crippen molar-refractivity contribution in [2.75, 3.05) is 52.3 Å². The van der Waals surface area contributed by atoms with Crippen LogP contribution in [0.2, 0.25) is 0 Å². The van der Waals surface area contributed by atoms with Crippen molar-refractivity contribution in [2.24, 2.45) is 5.41 Å². The van der Waals surface area contributed by atoms with Crippen LogP contribution >= 0.6 is 0 Å². The molecule has 0 aliphatic carbocycles. The van der Waals surface area contributed by atoms with Gasteiger partial charge in [-0.2, -0.15) is 4.39 Å². The van der Waals surface area contributed by atoms with Crippen molar-refractivity contribution in [2.45, 2.75) is 31.9 Å². The number of nitrogens with zero attached hydrogens (tertiary/aromatic N) is 3. The zero-order valence-electron chi connectivity index (χ0n) is 23.2. The molecule has 1 aliphatic rings. The molecule has 2 heterocycles. The number of hydrogen-bond acceptors (Lipinski definition) is 7. The molecule has 0 bridgehead atoms. The van der Waals surface area contributed by atoms with Gasteiger partial charge >= 0.3 is 0 Å². The highest BCUT2D eigenvalue weighted by molar-refractivity contribution is 5.88. The van der Waals surface area contributed by atoms with Gasteiger partial charge in [0.2, 0.25) is 11.7 Å². The number of benzene rings is 2. The fraction of sp³-hybridized carbons (Fsp3) is 0.448. The molecule has 1 aliphatic heterocycles. The van der Waals surface area contributed by atoms with Crippen molar-refractivity contribution >= 4 is 22.5 Å². The van der Waals surface area contributed by atoms with Crippen molar-refractivity contribution in [1.29, 1.82) is 0 Å². The van der Waals surface area contributed by atoms with Gasteiger partial charge in [0.15, 0.2) is 11.6 Å². The van der Waals surface area contributed by atoms with E-state index in [1.165, 1.54) is 7.11 Å². The third kappa shape index (κ3) is 6.65. The molecule has 222 valence electrons. The molecule has 0 spiro atoms. The minimum atomic E-state index is -1.43. The third-order valence-corrected chi connectivity index (χ3v) is 7.79. The Kier molecular flexibility index (Phi) is 9.54. The number of halogens is 4. The lowest BCUT2D eigenvalue weighted by atomic mass is 9.73. The number of hydroxylamine groups is 1. The summed E-state index contributed by atoms with van der Waals surface area (Å²) in [6.07, 6.45) is 1.07. The molecule has 0 unspecified atom stereocenters. The number of alkyl halides is 1. The number of pyridine rings is 1. The number of ether oxygens (including phenoxy) is 2. The average molecular weight is 579 g/mol. The van der Waals surface area contributed by atoms with Crippen molar-refractivity contribution in [3.05, 3.63) is 59.5 Å². The summed E-state index contributed by atoms with van der Waals surface area (Å²) in [6, 6.07) is 6.49. The zero-order chi connectivity index (χ0) is 29.7. The van der Waals surface area contributed by atoms with Crippen LogP contribution in [-0.2, 0) is 4.79 Å². The zero-order valence-corrected chi connectivity index (χ0v) is 23.2. The largest absolute Gasteiger partial charge is 0.497 e. The number of hydrogen-bond donors (Lipinski definition) is 2. The van der Waals surface area contributed by atoms with Crippen LogP contribution in [0.5, 0.6) is 11.5 Å². The minimum absolute atomic E-state index is 0.0259. The number of fused-ring (bicyclic) bond motifs is 1. The molecular weight excluding hydrogens is 544 g/mol. The summed E-state index contributed by atoms with van der Waals surface area (Å²) in [7, 11) is 5.14. The van der Waals surface area contributed by atoms with Crippen LogP contribution < -0.4 is 19.9 Å². The molecule has 0 radical (unpaired) electrons. The van der Waals surface area contributed by atoms with E-state index in [1.807, 2.05) is 4.90 Å². The fourth-order valence-corrected chi connectivity index (χ4v) is 5.38. The Hall–Kier alpha value is -3.64. The fourth-order valence-electron chi connectivity index (χ4n) is 5.38. The van der Waals surface area contributed by atoms with Gasteiger partial charge in [-0.3, -0.25) is 19.9 Å². The first-order chi connectivity index (χ1) is 19.6. The van der Waals surface area contributed by atoms with Crippen molar-refractivity contribution < 1.29 is 37.0 Å². The highest BCUT2D eigenvalue weighted by Gasteiger charge is 2.42. The smallest absolute Gasteiger partial charge is 0.249 e. The summed E-state index contributed by atoms with van der Waals surface area (Å²) >= 11 is 0. The Balaban J connectivity index is 1.44. The molecule has 2 aromatic carbocycles. The molecule has 41 heavy (non-hydrogen) atoms. The Morgan fingerprint density at radius 3 is 2.59 bits per heavy atom. The van der Waals surface area contributed by atoms with E-state index in [1.54, 1.807) is 48.9 Å². The summed E-state index contributed by atoms with van der Waals surface area (Å²) in [6.45, 7) is 1.13. The van der Waals surface area contributed by atoms with Crippen molar-refractivity contribution in [1.82, 2.24) is 15.4 Å². The van der Waals surface area contributed by atoms with E-state index in [0.717, 1.165) is 6.07 Å². The molecule has 1 aromatic heterocycles. The van der Waals surface area contributed by atoms with Crippen molar-refractivity contribution in [3.8, 4) is 11.5 Å². The molecule has 12 heteroatoms. The van der Waals surface area contributed by atoms with Crippen LogP contribution in [0, 0.1) is 22.9 Å². The molecule has 0 saturated carbocycles. The number of carbonyl (C=O) groups is 1. The number of likely N-dealkylation sites (tertiary alicyclic amines) is 1. The van der Waals surface area contributed by atoms with E-state index in [0.29, 0.717) is 66.4 Å².